The number of hydrogen-bond acceptors (Lipinski definition) is 4. The minimum absolute atomic E-state index is 0. The Morgan fingerprint density at radius 3 is 2.33 bits per heavy atom. The second-order valence-electron chi connectivity index (χ2n) is 6.82. The molecule has 154 valence electrons. The van der Waals surface area contributed by atoms with Gasteiger partial charge in [-0.15, -0.1) is 24.0 Å². The SMILES string of the molecule is CCC(c1ccccc1)N1CCN(C(=NC)NCCCS(C)(=O)=O)CC1.I. The molecule has 1 N–H and O–H groups in total. The van der Waals surface area contributed by atoms with Crippen LogP contribution in [0.3, 0.4) is 0 Å². The number of benzene rings is 1. The summed E-state index contributed by atoms with van der Waals surface area (Å²) in [6, 6.07) is 11.2. The molecular weight excluding hydrogens is 475 g/mol. The van der Waals surface area contributed by atoms with Crippen molar-refractivity contribution in [3.05, 3.63) is 35.9 Å². The first-order valence-electron chi connectivity index (χ1n) is 9.37. The molecule has 6 nitrogen and oxygen atoms in total. The molecule has 1 aromatic carbocycles. The van der Waals surface area contributed by atoms with Crippen molar-refractivity contribution in [3.63, 3.8) is 0 Å². The normalized spacial score (nSPS) is 17.3. The van der Waals surface area contributed by atoms with Gasteiger partial charge in [0.25, 0.3) is 0 Å². The fourth-order valence-corrected chi connectivity index (χ4v) is 4.16. The van der Waals surface area contributed by atoms with E-state index < -0.39 is 9.84 Å². The molecule has 0 amide bonds. The van der Waals surface area contributed by atoms with Gasteiger partial charge in [0.2, 0.25) is 0 Å². The quantitative estimate of drug-likeness (QED) is 0.265. The zero-order valence-corrected chi connectivity index (χ0v) is 19.7. The summed E-state index contributed by atoms with van der Waals surface area (Å²) >= 11 is 0. The van der Waals surface area contributed by atoms with Crippen molar-refractivity contribution >= 4 is 39.8 Å². The van der Waals surface area contributed by atoms with Crippen LogP contribution in [0.2, 0.25) is 0 Å². The van der Waals surface area contributed by atoms with Gasteiger partial charge in [-0.05, 0) is 18.4 Å². The molecule has 1 atom stereocenters. The number of aliphatic imine (C=N–C) groups is 1. The highest BCUT2D eigenvalue weighted by Crippen LogP contribution is 2.25. The average Bonchev–Trinajstić information content (AvgIpc) is 2.63. The van der Waals surface area contributed by atoms with Crippen molar-refractivity contribution in [2.45, 2.75) is 25.8 Å². The molecule has 1 fully saturated rings. The first-order chi connectivity index (χ1) is 12.4. The summed E-state index contributed by atoms with van der Waals surface area (Å²) in [5.41, 5.74) is 1.38. The molecule has 1 unspecified atom stereocenters. The predicted octanol–water partition coefficient (Wildman–Crippen LogP) is 2.38. The van der Waals surface area contributed by atoms with Crippen LogP contribution in [0.1, 0.15) is 31.4 Å². The molecule has 0 spiro atoms. The zero-order valence-electron chi connectivity index (χ0n) is 16.6. The minimum Gasteiger partial charge on any atom is -0.356 e. The second kappa shape index (κ2) is 11.9. The number of rotatable bonds is 7. The van der Waals surface area contributed by atoms with Crippen molar-refractivity contribution in [1.82, 2.24) is 15.1 Å². The number of halogens is 1. The summed E-state index contributed by atoms with van der Waals surface area (Å²) < 4.78 is 22.4. The van der Waals surface area contributed by atoms with E-state index in [4.69, 9.17) is 0 Å². The summed E-state index contributed by atoms with van der Waals surface area (Å²) in [7, 11) is -1.12. The molecule has 1 aromatic rings. The highest BCUT2D eigenvalue weighted by molar-refractivity contribution is 14.0. The van der Waals surface area contributed by atoms with Crippen LogP contribution in [0, 0.1) is 0 Å². The molecule has 0 bridgehead atoms. The zero-order chi connectivity index (χ0) is 19.0. The highest BCUT2D eigenvalue weighted by Gasteiger charge is 2.25. The maximum absolute atomic E-state index is 11.2. The van der Waals surface area contributed by atoms with Crippen molar-refractivity contribution < 1.29 is 8.42 Å². The molecule has 0 radical (unpaired) electrons. The van der Waals surface area contributed by atoms with Gasteiger partial charge in [0, 0.05) is 52.1 Å². The Hall–Kier alpha value is -0.870. The topological polar surface area (TPSA) is 65.0 Å². The van der Waals surface area contributed by atoms with Gasteiger partial charge < -0.3 is 10.2 Å². The average molecular weight is 508 g/mol. The van der Waals surface area contributed by atoms with Gasteiger partial charge in [-0.25, -0.2) is 8.42 Å². The number of nitrogens with one attached hydrogen (secondary N) is 1. The highest BCUT2D eigenvalue weighted by atomic mass is 127. The lowest BCUT2D eigenvalue weighted by molar-refractivity contribution is 0.127. The van der Waals surface area contributed by atoms with E-state index in [1.165, 1.54) is 11.8 Å². The number of nitrogens with zero attached hydrogens (tertiary/aromatic N) is 3. The summed E-state index contributed by atoms with van der Waals surface area (Å²) in [6.07, 6.45) is 2.98. The van der Waals surface area contributed by atoms with Crippen LogP contribution in [0.4, 0.5) is 0 Å². The number of sulfone groups is 1. The smallest absolute Gasteiger partial charge is 0.193 e. The van der Waals surface area contributed by atoms with Crippen molar-refractivity contribution in [3.8, 4) is 0 Å². The molecule has 0 aliphatic carbocycles. The Morgan fingerprint density at radius 2 is 1.81 bits per heavy atom. The van der Waals surface area contributed by atoms with Crippen LogP contribution >= 0.6 is 24.0 Å². The van der Waals surface area contributed by atoms with Gasteiger partial charge in [-0.3, -0.25) is 9.89 Å². The maximum Gasteiger partial charge on any atom is 0.193 e. The van der Waals surface area contributed by atoms with Crippen LogP contribution in [0.5, 0.6) is 0 Å². The van der Waals surface area contributed by atoms with E-state index in [9.17, 15) is 8.42 Å². The molecule has 0 aromatic heterocycles. The first-order valence-corrected chi connectivity index (χ1v) is 11.4. The molecule has 0 saturated carbocycles. The summed E-state index contributed by atoms with van der Waals surface area (Å²) in [5, 5.41) is 3.29. The summed E-state index contributed by atoms with van der Waals surface area (Å²) in [4.78, 5) is 9.16. The molecule has 1 saturated heterocycles. The van der Waals surface area contributed by atoms with Crippen molar-refractivity contribution in [2.24, 2.45) is 4.99 Å². The van der Waals surface area contributed by atoms with Crippen LogP contribution in [-0.2, 0) is 9.84 Å². The van der Waals surface area contributed by atoms with E-state index >= 15 is 0 Å². The molecular formula is C19H33IN4O2S. The van der Waals surface area contributed by atoms with Crippen LogP contribution in [0.25, 0.3) is 0 Å². The number of guanidine groups is 1. The second-order valence-corrected chi connectivity index (χ2v) is 9.07. The van der Waals surface area contributed by atoms with E-state index in [1.54, 1.807) is 7.05 Å². The number of piperazine rings is 1. The molecule has 27 heavy (non-hydrogen) atoms. The predicted molar refractivity (Wildman–Crippen MR) is 124 cm³/mol. The molecule has 8 heteroatoms. The number of hydrogen-bond donors (Lipinski definition) is 1. The third-order valence-corrected chi connectivity index (χ3v) is 5.84. The van der Waals surface area contributed by atoms with E-state index in [1.807, 2.05) is 0 Å². The Labute approximate surface area is 181 Å². The Kier molecular flexibility index (Phi) is 10.6. The Morgan fingerprint density at radius 1 is 1.19 bits per heavy atom. The third-order valence-electron chi connectivity index (χ3n) is 4.81. The fraction of sp³-hybridized carbons (Fsp3) is 0.632. The monoisotopic (exact) mass is 508 g/mol. The third kappa shape index (κ3) is 7.95. The van der Waals surface area contributed by atoms with Crippen LogP contribution in [0.15, 0.2) is 35.3 Å². The standard InChI is InChI=1S/C19H32N4O2S.HI/c1-4-18(17-9-6-5-7-10-17)22-12-14-23(15-13-22)19(20-2)21-11-8-16-26(3,24)25;/h5-7,9-10,18H,4,8,11-16H2,1-3H3,(H,20,21);1H. The van der Waals surface area contributed by atoms with Gasteiger partial charge >= 0.3 is 0 Å². The Bertz CT molecular complexity index is 674. The lowest BCUT2D eigenvalue weighted by Gasteiger charge is -2.40. The summed E-state index contributed by atoms with van der Waals surface area (Å²) in [5.74, 6) is 1.07. The minimum atomic E-state index is -2.90. The van der Waals surface area contributed by atoms with E-state index in [0.717, 1.165) is 38.6 Å². The van der Waals surface area contributed by atoms with Gasteiger partial charge in [-0.2, -0.15) is 0 Å². The molecule has 2 rings (SSSR count). The Balaban J connectivity index is 0.00000364. The van der Waals surface area contributed by atoms with E-state index in [0.29, 0.717) is 19.0 Å². The van der Waals surface area contributed by atoms with E-state index in [2.05, 4.69) is 57.4 Å². The van der Waals surface area contributed by atoms with Gasteiger partial charge in [-0.1, -0.05) is 37.3 Å². The first kappa shape index (κ1) is 24.2. The lowest BCUT2D eigenvalue weighted by Crippen LogP contribution is -2.53. The van der Waals surface area contributed by atoms with Crippen molar-refractivity contribution in [2.75, 3.05) is 51.8 Å². The summed E-state index contributed by atoms with van der Waals surface area (Å²) in [6.45, 7) is 6.72. The van der Waals surface area contributed by atoms with Crippen LogP contribution < -0.4 is 5.32 Å². The molecule has 1 heterocycles. The maximum atomic E-state index is 11.2. The van der Waals surface area contributed by atoms with Crippen molar-refractivity contribution in [1.29, 1.82) is 0 Å². The molecule has 1 aliphatic heterocycles. The van der Waals surface area contributed by atoms with Gasteiger partial charge in [0.05, 0.1) is 5.75 Å². The fourth-order valence-electron chi connectivity index (χ4n) is 3.49. The molecule has 1 aliphatic rings. The lowest BCUT2D eigenvalue weighted by atomic mass is 10.0. The van der Waals surface area contributed by atoms with Gasteiger partial charge in [0.1, 0.15) is 9.84 Å². The van der Waals surface area contributed by atoms with Gasteiger partial charge in [0.15, 0.2) is 5.96 Å². The van der Waals surface area contributed by atoms with E-state index in [-0.39, 0.29) is 29.7 Å². The van der Waals surface area contributed by atoms with Crippen LogP contribution in [-0.4, -0.2) is 76.0 Å². The largest absolute Gasteiger partial charge is 0.356 e.